The van der Waals surface area contributed by atoms with Crippen LogP contribution >= 0.6 is 11.8 Å². The van der Waals surface area contributed by atoms with Crippen LogP contribution in [-0.2, 0) is 22.6 Å². The molecule has 9 nitrogen and oxygen atoms in total. The van der Waals surface area contributed by atoms with Gasteiger partial charge in [0.15, 0.2) is 6.29 Å². The van der Waals surface area contributed by atoms with Gasteiger partial charge in [0.1, 0.15) is 5.03 Å². The van der Waals surface area contributed by atoms with E-state index in [0.29, 0.717) is 23.9 Å². The summed E-state index contributed by atoms with van der Waals surface area (Å²) < 4.78 is 12.9. The summed E-state index contributed by atoms with van der Waals surface area (Å²) in [6.07, 6.45) is 0.380. The summed E-state index contributed by atoms with van der Waals surface area (Å²) in [6.45, 7) is 4.83. The van der Waals surface area contributed by atoms with Crippen LogP contribution in [0.3, 0.4) is 0 Å². The number of thioether (sulfide) groups is 1. The molecule has 1 aliphatic heterocycles. The first-order chi connectivity index (χ1) is 18.9. The average molecular weight is 552 g/mol. The molecule has 2 aromatic carbocycles. The van der Waals surface area contributed by atoms with Crippen molar-refractivity contribution in [1.82, 2.24) is 15.6 Å². The van der Waals surface area contributed by atoms with E-state index in [-0.39, 0.29) is 36.3 Å². The summed E-state index contributed by atoms with van der Waals surface area (Å²) in [7, 11) is 0. The first kappa shape index (κ1) is 28.6. The number of carbonyl (C=O) groups excluding carboxylic acids is 1. The molecule has 0 saturated carbocycles. The molecular weight excluding hydrogens is 518 g/mol. The van der Waals surface area contributed by atoms with Gasteiger partial charge in [-0.05, 0) is 35.7 Å². The number of nitrogens with zero attached hydrogens (tertiary/aromatic N) is 1. The third kappa shape index (κ3) is 7.36. The van der Waals surface area contributed by atoms with Crippen molar-refractivity contribution in [2.45, 2.75) is 50.5 Å². The smallest absolute Gasteiger partial charge is 0.338 e. The lowest BCUT2D eigenvalue weighted by molar-refractivity contribution is -0.268. The number of aliphatic hydroxyl groups is 1. The Bertz CT molecular complexity index is 1250. The minimum atomic E-state index is -1.02. The standard InChI is InChI=1S/C29H33N3O6S/c1-3-30-29(36)32-15-19-6-12-22(13-7-19)28-37-24(17-39-26-23(27(34)35)5-4-14-31-26)18(2)25(38-28)21-10-8-20(16-33)9-11-21/h4-14,18,24-25,28,33H,3,15-17H2,1-2H3,(H,34,35)(H2,30,32,36)/t18-,24+,25+,28+/m0/s1. The van der Waals surface area contributed by atoms with Crippen LogP contribution in [0.15, 0.2) is 71.9 Å². The molecule has 1 aromatic heterocycles. The van der Waals surface area contributed by atoms with E-state index in [4.69, 9.17) is 9.47 Å². The summed E-state index contributed by atoms with van der Waals surface area (Å²) in [5, 5.41) is 25.0. The summed E-state index contributed by atoms with van der Waals surface area (Å²) in [4.78, 5) is 27.6. The molecule has 3 aromatic rings. The second-order valence-electron chi connectivity index (χ2n) is 9.25. The lowest BCUT2D eigenvalue weighted by atomic mass is 9.91. The van der Waals surface area contributed by atoms with E-state index in [0.717, 1.165) is 22.3 Å². The van der Waals surface area contributed by atoms with Gasteiger partial charge < -0.3 is 30.3 Å². The fourth-order valence-electron chi connectivity index (χ4n) is 4.34. The molecule has 0 unspecified atom stereocenters. The molecule has 0 aliphatic carbocycles. The number of aromatic nitrogens is 1. The Morgan fingerprint density at radius 1 is 0.974 bits per heavy atom. The number of pyridine rings is 1. The summed E-state index contributed by atoms with van der Waals surface area (Å²) >= 11 is 1.35. The van der Waals surface area contributed by atoms with Gasteiger partial charge in [-0.25, -0.2) is 14.6 Å². The number of amides is 2. The summed E-state index contributed by atoms with van der Waals surface area (Å²) in [6, 6.07) is 18.3. The maximum atomic E-state index is 11.7. The van der Waals surface area contributed by atoms with Gasteiger partial charge in [0.2, 0.25) is 0 Å². The molecule has 1 fully saturated rings. The Hall–Kier alpha value is -3.44. The average Bonchev–Trinajstić information content (AvgIpc) is 2.96. The highest BCUT2D eigenvalue weighted by Crippen LogP contribution is 2.43. The molecule has 206 valence electrons. The highest BCUT2D eigenvalue weighted by molar-refractivity contribution is 7.99. The van der Waals surface area contributed by atoms with E-state index < -0.39 is 12.3 Å². The van der Waals surface area contributed by atoms with Crippen molar-refractivity contribution in [2.24, 2.45) is 5.92 Å². The van der Waals surface area contributed by atoms with E-state index >= 15 is 0 Å². The molecule has 1 saturated heterocycles. The van der Waals surface area contributed by atoms with Crippen LogP contribution in [0.4, 0.5) is 4.79 Å². The van der Waals surface area contributed by atoms with Crippen molar-refractivity contribution >= 4 is 23.8 Å². The quantitative estimate of drug-likeness (QED) is 0.268. The van der Waals surface area contributed by atoms with Crippen LogP contribution in [0, 0.1) is 5.92 Å². The number of hydrogen-bond acceptors (Lipinski definition) is 7. The van der Waals surface area contributed by atoms with E-state index in [2.05, 4.69) is 22.5 Å². The number of carboxylic acid groups (broad SMARTS) is 1. The second kappa shape index (κ2) is 13.6. The number of benzene rings is 2. The number of ether oxygens (including phenoxy) is 2. The Balaban J connectivity index is 1.54. The number of carboxylic acids is 1. The number of carbonyl (C=O) groups is 2. The number of aromatic carboxylic acids is 1. The topological polar surface area (TPSA) is 130 Å². The number of aliphatic hydroxyl groups excluding tert-OH is 1. The van der Waals surface area contributed by atoms with Crippen molar-refractivity contribution < 1.29 is 29.3 Å². The Morgan fingerprint density at radius 2 is 1.67 bits per heavy atom. The third-order valence-electron chi connectivity index (χ3n) is 6.55. The molecule has 0 bridgehead atoms. The van der Waals surface area contributed by atoms with Crippen molar-refractivity contribution in [3.8, 4) is 0 Å². The van der Waals surface area contributed by atoms with Crippen LogP contribution in [-0.4, -0.2) is 45.6 Å². The zero-order valence-electron chi connectivity index (χ0n) is 21.9. The molecule has 1 aliphatic rings. The predicted molar refractivity (Wildman–Crippen MR) is 147 cm³/mol. The van der Waals surface area contributed by atoms with Crippen molar-refractivity contribution in [3.05, 3.63) is 94.7 Å². The monoisotopic (exact) mass is 551 g/mol. The zero-order chi connectivity index (χ0) is 27.8. The van der Waals surface area contributed by atoms with Crippen molar-refractivity contribution in [2.75, 3.05) is 12.3 Å². The van der Waals surface area contributed by atoms with Gasteiger partial charge in [0.25, 0.3) is 0 Å². The van der Waals surface area contributed by atoms with Crippen molar-refractivity contribution in [1.29, 1.82) is 0 Å². The fraction of sp³-hybridized carbons (Fsp3) is 0.345. The number of urea groups is 1. The first-order valence-electron chi connectivity index (χ1n) is 12.8. The largest absolute Gasteiger partial charge is 0.478 e. The number of nitrogens with one attached hydrogen (secondary N) is 2. The highest BCUT2D eigenvalue weighted by atomic mass is 32.2. The molecule has 4 atom stereocenters. The Morgan fingerprint density at radius 3 is 2.33 bits per heavy atom. The van der Waals surface area contributed by atoms with Gasteiger partial charge >= 0.3 is 12.0 Å². The van der Waals surface area contributed by atoms with Crippen LogP contribution < -0.4 is 10.6 Å². The van der Waals surface area contributed by atoms with Gasteiger partial charge in [0, 0.05) is 36.5 Å². The van der Waals surface area contributed by atoms with E-state index in [9.17, 15) is 19.8 Å². The fourth-order valence-corrected chi connectivity index (χ4v) is 5.49. The van der Waals surface area contributed by atoms with Crippen LogP contribution in [0.2, 0.25) is 0 Å². The zero-order valence-corrected chi connectivity index (χ0v) is 22.7. The Labute approximate surface area is 232 Å². The van der Waals surface area contributed by atoms with E-state index in [1.807, 2.05) is 55.5 Å². The van der Waals surface area contributed by atoms with Crippen LogP contribution in [0.1, 0.15) is 58.9 Å². The normalized spacial score (nSPS) is 20.8. The maximum absolute atomic E-state index is 11.7. The van der Waals surface area contributed by atoms with Gasteiger partial charge in [-0.3, -0.25) is 0 Å². The van der Waals surface area contributed by atoms with Crippen LogP contribution in [0.5, 0.6) is 0 Å². The molecular formula is C29H33N3O6S. The summed E-state index contributed by atoms with van der Waals surface area (Å²) in [5.74, 6) is -0.586. The Kier molecular flexibility index (Phi) is 9.94. The molecule has 2 heterocycles. The van der Waals surface area contributed by atoms with Gasteiger partial charge in [-0.1, -0.05) is 55.5 Å². The molecule has 2 amide bonds. The molecule has 0 spiro atoms. The van der Waals surface area contributed by atoms with E-state index in [1.54, 1.807) is 18.3 Å². The molecule has 4 N–H and O–H groups in total. The highest BCUT2D eigenvalue weighted by Gasteiger charge is 2.38. The lowest BCUT2D eigenvalue weighted by Crippen LogP contribution is -2.38. The number of hydrogen-bond donors (Lipinski definition) is 4. The van der Waals surface area contributed by atoms with Gasteiger partial charge in [-0.2, -0.15) is 0 Å². The molecule has 4 rings (SSSR count). The minimum absolute atomic E-state index is 0.0380. The molecule has 10 heteroatoms. The molecule has 0 radical (unpaired) electrons. The molecule has 39 heavy (non-hydrogen) atoms. The first-order valence-corrected chi connectivity index (χ1v) is 13.8. The minimum Gasteiger partial charge on any atom is -0.478 e. The lowest BCUT2D eigenvalue weighted by Gasteiger charge is -2.41. The number of rotatable bonds is 10. The van der Waals surface area contributed by atoms with Gasteiger partial charge in [0.05, 0.1) is 24.4 Å². The second-order valence-corrected chi connectivity index (χ2v) is 10.3. The van der Waals surface area contributed by atoms with Crippen LogP contribution in [0.25, 0.3) is 0 Å². The summed E-state index contributed by atoms with van der Waals surface area (Å²) in [5.41, 5.74) is 3.71. The maximum Gasteiger partial charge on any atom is 0.338 e. The SMILES string of the molecule is CCNC(=O)NCc1ccc([C@@H]2O[C@H](CSc3ncccc3C(=O)O)[C@H](C)[C@H](c3ccc(CO)cc3)O2)cc1. The third-order valence-corrected chi connectivity index (χ3v) is 7.65. The van der Waals surface area contributed by atoms with E-state index in [1.165, 1.54) is 11.8 Å². The van der Waals surface area contributed by atoms with Crippen molar-refractivity contribution in [3.63, 3.8) is 0 Å². The van der Waals surface area contributed by atoms with Gasteiger partial charge in [-0.15, -0.1) is 11.8 Å². The predicted octanol–water partition coefficient (Wildman–Crippen LogP) is 4.67.